The molecule has 0 aliphatic rings. The van der Waals surface area contributed by atoms with Gasteiger partial charge in [0.1, 0.15) is 0 Å². The van der Waals surface area contributed by atoms with E-state index in [-0.39, 0.29) is 0 Å². The number of H-pyrrole nitrogens is 1. The van der Waals surface area contributed by atoms with Gasteiger partial charge in [-0.25, -0.2) is 0 Å². The lowest BCUT2D eigenvalue weighted by molar-refractivity contribution is 0.902. The summed E-state index contributed by atoms with van der Waals surface area (Å²) in [5.74, 6) is 0.852. The minimum Gasteiger partial charge on any atom is -0.303 e. The Kier molecular flexibility index (Phi) is 2.80. The summed E-state index contributed by atoms with van der Waals surface area (Å²) in [5.41, 5.74) is 1.06. The standard InChI is InChI=1S/C13H10BrN3S/c1-17-12(15-16-13(17)18)10-3-2-9-7-11(14)5-4-8(9)6-10/h2-7H,1H3,(H,16,18). The van der Waals surface area contributed by atoms with Gasteiger partial charge < -0.3 is 4.57 Å². The Hall–Kier alpha value is -1.46. The minimum absolute atomic E-state index is 0.626. The number of fused-ring (bicyclic) bond motifs is 1. The molecule has 1 aromatic heterocycles. The SMILES string of the molecule is Cn1c(-c2ccc3cc(Br)ccc3c2)n[nH]c1=S. The van der Waals surface area contributed by atoms with E-state index in [0.29, 0.717) is 4.77 Å². The smallest absolute Gasteiger partial charge is 0.195 e. The van der Waals surface area contributed by atoms with Crippen molar-refractivity contribution in [2.45, 2.75) is 0 Å². The van der Waals surface area contributed by atoms with Gasteiger partial charge in [0.15, 0.2) is 10.6 Å². The predicted octanol–water partition coefficient (Wildman–Crippen LogP) is 4.06. The summed E-state index contributed by atoms with van der Waals surface area (Å²) in [6.45, 7) is 0. The Morgan fingerprint density at radius 1 is 1.17 bits per heavy atom. The molecule has 0 saturated heterocycles. The van der Waals surface area contributed by atoms with Crippen molar-refractivity contribution in [2.24, 2.45) is 7.05 Å². The van der Waals surface area contributed by atoms with Gasteiger partial charge in [-0.3, -0.25) is 5.10 Å². The number of aromatic amines is 1. The van der Waals surface area contributed by atoms with E-state index < -0.39 is 0 Å². The average Bonchev–Trinajstić information content (AvgIpc) is 2.69. The zero-order chi connectivity index (χ0) is 12.7. The summed E-state index contributed by atoms with van der Waals surface area (Å²) in [5, 5.41) is 9.43. The van der Waals surface area contributed by atoms with Gasteiger partial charge in [0.2, 0.25) is 0 Å². The number of hydrogen-bond acceptors (Lipinski definition) is 2. The predicted molar refractivity (Wildman–Crippen MR) is 79.0 cm³/mol. The molecule has 3 rings (SSSR count). The Bertz CT molecular complexity index is 788. The van der Waals surface area contributed by atoms with Gasteiger partial charge in [-0.1, -0.05) is 34.1 Å². The van der Waals surface area contributed by atoms with Gasteiger partial charge in [0, 0.05) is 17.1 Å². The molecule has 0 aliphatic carbocycles. The van der Waals surface area contributed by atoms with Crippen molar-refractivity contribution in [2.75, 3.05) is 0 Å². The van der Waals surface area contributed by atoms with Gasteiger partial charge in [-0.2, -0.15) is 5.10 Å². The second kappa shape index (κ2) is 4.33. The fraction of sp³-hybridized carbons (Fsp3) is 0.0769. The van der Waals surface area contributed by atoms with Crippen LogP contribution >= 0.6 is 28.1 Å². The molecule has 0 fully saturated rings. The molecule has 90 valence electrons. The first-order valence-corrected chi connectivity index (χ1v) is 6.66. The summed E-state index contributed by atoms with van der Waals surface area (Å²) in [4.78, 5) is 0. The Balaban J connectivity index is 2.22. The summed E-state index contributed by atoms with van der Waals surface area (Å²) in [6, 6.07) is 12.5. The summed E-state index contributed by atoms with van der Waals surface area (Å²) < 4.78 is 3.58. The second-order valence-corrected chi connectivity index (χ2v) is 5.42. The maximum atomic E-state index is 5.13. The molecule has 3 aromatic rings. The van der Waals surface area contributed by atoms with E-state index in [9.17, 15) is 0 Å². The molecule has 1 heterocycles. The van der Waals surface area contributed by atoms with Crippen LogP contribution in [-0.2, 0) is 7.05 Å². The van der Waals surface area contributed by atoms with Gasteiger partial charge in [0.25, 0.3) is 0 Å². The molecule has 0 atom stereocenters. The van der Waals surface area contributed by atoms with E-state index in [4.69, 9.17) is 12.2 Å². The number of benzene rings is 2. The molecule has 0 radical (unpaired) electrons. The zero-order valence-corrected chi connectivity index (χ0v) is 12.0. The normalized spacial score (nSPS) is 11.0. The number of hydrogen-bond donors (Lipinski definition) is 1. The number of nitrogens with zero attached hydrogens (tertiary/aromatic N) is 2. The quantitative estimate of drug-likeness (QED) is 0.686. The first-order valence-electron chi connectivity index (χ1n) is 5.46. The van der Waals surface area contributed by atoms with Crippen LogP contribution in [0.25, 0.3) is 22.2 Å². The average molecular weight is 320 g/mol. The summed E-state index contributed by atoms with van der Waals surface area (Å²) in [7, 11) is 1.91. The highest BCUT2D eigenvalue weighted by Gasteiger charge is 2.06. The van der Waals surface area contributed by atoms with E-state index in [1.807, 2.05) is 17.7 Å². The lowest BCUT2D eigenvalue weighted by Crippen LogP contribution is -1.92. The highest BCUT2D eigenvalue weighted by Crippen LogP contribution is 2.25. The monoisotopic (exact) mass is 319 g/mol. The van der Waals surface area contributed by atoms with Crippen molar-refractivity contribution in [1.82, 2.24) is 14.8 Å². The lowest BCUT2D eigenvalue weighted by atomic mass is 10.1. The third kappa shape index (κ3) is 1.89. The van der Waals surface area contributed by atoms with Crippen molar-refractivity contribution >= 4 is 38.9 Å². The van der Waals surface area contributed by atoms with Gasteiger partial charge in [-0.05, 0) is 41.2 Å². The van der Waals surface area contributed by atoms with Crippen LogP contribution in [0.15, 0.2) is 40.9 Å². The molecular formula is C13H10BrN3S. The number of aromatic nitrogens is 3. The van der Waals surface area contributed by atoms with Crippen molar-refractivity contribution in [3.8, 4) is 11.4 Å². The van der Waals surface area contributed by atoms with Crippen molar-refractivity contribution in [1.29, 1.82) is 0 Å². The van der Waals surface area contributed by atoms with Crippen LogP contribution in [0.4, 0.5) is 0 Å². The molecule has 0 amide bonds. The van der Waals surface area contributed by atoms with Crippen molar-refractivity contribution < 1.29 is 0 Å². The number of halogens is 1. The van der Waals surface area contributed by atoms with Crippen molar-refractivity contribution in [3.63, 3.8) is 0 Å². The molecule has 5 heteroatoms. The van der Waals surface area contributed by atoms with Crippen LogP contribution in [0.5, 0.6) is 0 Å². The first kappa shape index (κ1) is 11.6. The molecule has 0 aliphatic heterocycles. The summed E-state index contributed by atoms with van der Waals surface area (Å²) >= 11 is 8.60. The van der Waals surface area contributed by atoms with E-state index in [2.05, 4.69) is 56.5 Å². The van der Waals surface area contributed by atoms with Crippen LogP contribution in [0, 0.1) is 4.77 Å². The van der Waals surface area contributed by atoms with Crippen LogP contribution in [0.3, 0.4) is 0 Å². The van der Waals surface area contributed by atoms with E-state index in [0.717, 1.165) is 15.9 Å². The third-order valence-corrected chi connectivity index (χ3v) is 3.80. The maximum Gasteiger partial charge on any atom is 0.195 e. The molecular weight excluding hydrogens is 310 g/mol. The van der Waals surface area contributed by atoms with Crippen molar-refractivity contribution in [3.05, 3.63) is 45.6 Å². The molecule has 18 heavy (non-hydrogen) atoms. The second-order valence-electron chi connectivity index (χ2n) is 4.12. The van der Waals surface area contributed by atoms with Crippen LogP contribution in [0.2, 0.25) is 0 Å². The van der Waals surface area contributed by atoms with E-state index in [1.165, 1.54) is 10.8 Å². The number of rotatable bonds is 1. The third-order valence-electron chi connectivity index (χ3n) is 2.94. The molecule has 3 nitrogen and oxygen atoms in total. The molecule has 0 saturated carbocycles. The maximum absolute atomic E-state index is 5.13. The fourth-order valence-electron chi connectivity index (χ4n) is 1.96. The van der Waals surface area contributed by atoms with Gasteiger partial charge in [-0.15, -0.1) is 0 Å². The fourth-order valence-corrected chi connectivity index (χ4v) is 2.47. The zero-order valence-electron chi connectivity index (χ0n) is 9.64. The Morgan fingerprint density at radius 2 is 1.89 bits per heavy atom. The van der Waals surface area contributed by atoms with Gasteiger partial charge >= 0.3 is 0 Å². The summed E-state index contributed by atoms with van der Waals surface area (Å²) in [6.07, 6.45) is 0. The molecule has 0 unspecified atom stereocenters. The van der Waals surface area contributed by atoms with Crippen LogP contribution in [-0.4, -0.2) is 14.8 Å². The molecule has 1 N–H and O–H groups in total. The largest absolute Gasteiger partial charge is 0.303 e. The first-order chi connectivity index (χ1) is 8.65. The highest BCUT2D eigenvalue weighted by atomic mass is 79.9. The Labute approximate surface area is 118 Å². The molecule has 2 aromatic carbocycles. The van der Waals surface area contributed by atoms with E-state index in [1.54, 1.807) is 0 Å². The van der Waals surface area contributed by atoms with Gasteiger partial charge in [0.05, 0.1) is 0 Å². The van der Waals surface area contributed by atoms with E-state index >= 15 is 0 Å². The number of nitrogens with one attached hydrogen (secondary N) is 1. The topological polar surface area (TPSA) is 33.6 Å². The van der Waals surface area contributed by atoms with Crippen LogP contribution < -0.4 is 0 Å². The van der Waals surface area contributed by atoms with Crippen LogP contribution in [0.1, 0.15) is 0 Å². The lowest BCUT2D eigenvalue weighted by Gasteiger charge is -2.03. The highest BCUT2D eigenvalue weighted by molar-refractivity contribution is 9.10. The molecule has 0 spiro atoms. The Morgan fingerprint density at radius 3 is 2.61 bits per heavy atom. The molecule has 0 bridgehead atoms. The minimum atomic E-state index is 0.626.